The van der Waals surface area contributed by atoms with Crippen LogP contribution in [0.1, 0.15) is 24.1 Å². The minimum Gasteiger partial charge on any atom is -0.493 e. The fourth-order valence-electron chi connectivity index (χ4n) is 2.99. The standard InChI is InChI=1S/C19H21F2N3O4S/c1-27-15-9-12(4-5-14(15)28-18(20)21)6-7-22-16(25)10-13-11-29-19(23-13)24-8-2-3-17(24)26/h4-5,9,11,18H,2-3,6-8,10H2,1H3,(H,22,25). The molecular formula is C19H21F2N3O4S. The van der Waals surface area contributed by atoms with E-state index >= 15 is 0 Å². The first kappa shape index (κ1) is 21.0. The minimum absolute atomic E-state index is 0.0360. The lowest BCUT2D eigenvalue weighted by molar-refractivity contribution is -0.120. The number of anilines is 1. The van der Waals surface area contributed by atoms with Crippen molar-refractivity contribution in [2.75, 3.05) is 25.1 Å². The van der Waals surface area contributed by atoms with Crippen molar-refractivity contribution in [3.8, 4) is 11.5 Å². The number of benzene rings is 1. The van der Waals surface area contributed by atoms with Gasteiger partial charge in [0.1, 0.15) is 0 Å². The number of halogens is 2. The number of aromatic nitrogens is 1. The molecule has 0 atom stereocenters. The number of thiazole rings is 1. The maximum absolute atomic E-state index is 12.4. The molecule has 3 rings (SSSR count). The van der Waals surface area contributed by atoms with Gasteiger partial charge in [0, 0.05) is 24.9 Å². The van der Waals surface area contributed by atoms with Gasteiger partial charge in [-0.25, -0.2) is 4.98 Å². The molecule has 0 aliphatic carbocycles. The molecule has 2 aromatic rings. The van der Waals surface area contributed by atoms with E-state index in [1.165, 1.54) is 24.5 Å². The number of alkyl halides is 2. The quantitative estimate of drug-likeness (QED) is 0.668. The van der Waals surface area contributed by atoms with Gasteiger partial charge in [0.2, 0.25) is 11.8 Å². The molecule has 1 N–H and O–H groups in total. The molecule has 0 unspecified atom stereocenters. The molecule has 156 valence electrons. The van der Waals surface area contributed by atoms with Crippen LogP contribution in [0, 0.1) is 0 Å². The van der Waals surface area contributed by atoms with Gasteiger partial charge in [-0.1, -0.05) is 6.07 Å². The van der Waals surface area contributed by atoms with Crippen LogP contribution in [0.25, 0.3) is 0 Å². The van der Waals surface area contributed by atoms with E-state index < -0.39 is 6.61 Å². The third kappa shape index (κ3) is 5.63. The Hall–Kier alpha value is -2.75. The maximum Gasteiger partial charge on any atom is 0.387 e. The van der Waals surface area contributed by atoms with Gasteiger partial charge >= 0.3 is 6.61 Å². The number of carbonyl (C=O) groups is 2. The Morgan fingerprint density at radius 1 is 1.38 bits per heavy atom. The molecule has 2 heterocycles. The summed E-state index contributed by atoms with van der Waals surface area (Å²) in [7, 11) is 1.37. The molecular weight excluding hydrogens is 404 g/mol. The Balaban J connectivity index is 1.47. The summed E-state index contributed by atoms with van der Waals surface area (Å²) in [6.07, 6.45) is 1.99. The smallest absolute Gasteiger partial charge is 0.387 e. The van der Waals surface area contributed by atoms with Crippen LogP contribution in [0.15, 0.2) is 23.6 Å². The van der Waals surface area contributed by atoms with Crippen LogP contribution in [0.5, 0.6) is 11.5 Å². The molecule has 1 saturated heterocycles. The predicted octanol–water partition coefficient (Wildman–Crippen LogP) is 2.78. The third-order valence-electron chi connectivity index (χ3n) is 4.37. The summed E-state index contributed by atoms with van der Waals surface area (Å²) in [5.41, 5.74) is 1.43. The Morgan fingerprint density at radius 2 is 2.21 bits per heavy atom. The van der Waals surface area contributed by atoms with E-state index in [0.717, 1.165) is 12.0 Å². The Bertz CT molecular complexity index is 875. The molecule has 10 heteroatoms. The maximum atomic E-state index is 12.4. The molecule has 1 aromatic heterocycles. The van der Waals surface area contributed by atoms with Crippen molar-refractivity contribution in [3.05, 3.63) is 34.8 Å². The summed E-state index contributed by atoms with van der Waals surface area (Å²) in [6, 6.07) is 4.66. The summed E-state index contributed by atoms with van der Waals surface area (Å²) in [5.74, 6) is 0.0571. The highest BCUT2D eigenvalue weighted by molar-refractivity contribution is 7.14. The van der Waals surface area contributed by atoms with Gasteiger partial charge in [0.15, 0.2) is 16.6 Å². The molecule has 0 radical (unpaired) electrons. The number of amides is 2. The molecule has 1 aliphatic heterocycles. The summed E-state index contributed by atoms with van der Waals surface area (Å²) >= 11 is 1.36. The Labute approximate surface area is 170 Å². The van der Waals surface area contributed by atoms with Crippen molar-refractivity contribution in [1.82, 2.24) is 10.3 Å². The van der Waals surface area contributed by atoms with Crippen LogP contribution in [0.3, 0.4) is 0 Å². The first-order valence-corrected chi connectivity index (χ1v) is 9.97. The Morgan fingerprint density at radius 3 is 2.90 bits per heavy atom. The van der Waals surface area contributed by atoms with E-state index in [0.29, 0.717) is 36.8 Å². The van der Waals surface area contributed by atoms with E-state index in [1.54, 1.807) is 22.4 Å². The lowest BCUT2D eigenvalue weighted by Crippen LogP contribution is -2.27. The number of carbonyl (C=O) groups excluding carboxylic acids is 2. The second-order valence-electron chi connectivity index (χ2n) is 6.41. The molecule has 0 spiro atoms. The van der Waals surface area contributed by atoms with Crippen LogP contribution in [-0.4, -0.2) is 43.6 Å². The third-order valence-corrected chi connectivity index (χ3v) is 5.28. The van der Waals surface area contributed by atoms with Crippen LogP contribution in [0.2, 0.25) is 0 Å². The van der Waals surface area contributed by atoms with Crippen LogP contribution in [0.4, 0.5) is 13.9 Å². The zero-order valence-corrected chi connectivity index (χ0v) is 16.6. The van der Waals surface area contributed by atoms with Crippen LogP contribution < -0.4 is 19.7 Å². The average molecular weight is 425 g/mol. The van der Waals surface area contributed by atoms with Crippen molar-refractivity contribution in [2.24, 2.45) is 0 Å². The first-order valence-electron chi connectivity index (χ1n) is 9.09. The normalized spacial score (nSPS) is 13.8. The highest BCUT2D eigenvalue weighted by atomic mass is 32.1. The number of nitrogens with zero attached hydrogens (tertiary/aromatic N) is 2. The molecule has 0 bridgehead atoms. The summed E-state index contributed by atoms with van der Waals surface area (Å²) in [4.78, 5) is 29.9. The topological polar surface area (TPSA) is 80.8 Å². The number of nitrogens with one attached hydrogen (secondary N) is 1. The zero-order valence-electron chi connectivity index (χ0n) is 15.8. The van der Waals surface area contributed by atoms with Crippen LogP contribution >= 0.6 is 11.3 Å². The lowest BCUT2D eigenvalue weighted by Gasteiger charge is -2.11. The number of rotatable bonds is 9. The number of ether oxygens (including phenoxy) is 2. The molecule has 1 aliphatic rings. The summed E-state index contributed by atoms with van der Waals surface area (Å²) < 4.78 is 34.2. The van der Waals surface area contributed by atoms with Gasteiger partial charge in [-0.3, -0.25) is 14.5 Å². The van der Waals surface area contributed by atoms with Crippen molar-refractivity contribution < 1.29 is 27.8 Å². The van der Waals surface area contributed by atoms with Gasteiger partial charge in [-0.2, -0.15) is 8.78 Å². The predicted molar refractivity (Wildman–Crippen MR) is 104 cm³/mol. The number of hydrogen-bond acceptors (Lipinski definition) is 6. The lowest BCUT2D eigenvalue weighted by atomic mass is 10.1. The Kier molecular flexibility index (Phi) is 6.97. The monoisotopic (exact) mass is 425 g/mol. The van der Waals surface area contributed by atoms with Crippen molar-refractivity contribution >= 4 is 28.3 Å². The van der Waals surface area contributed by atoms with Crippen LogP contribution in [-0.2, 0) is 22.4 Å². The minimum atomic E-state index is -2.93. The van der Waals surface area contributed by atoms with Gasteiger partial charge < -0.3 is 14.8 Å². The summed E-state index contributed by atoms with van der Waals surface area (Å²) in [6.45, 7) is -1.88. The SMILES string of the molecule is COc1cc(CCNC(=O)Cc2csc(N3CCCC3=O)n2)ccc1OC(F)F. The van der Waals surface area contributed by atoms with E-state index in [1.807, 2.05) is 0 Å². The van der Waals surface area contributed by atoms with Gasteiger partial charge in [-0.15, -0.1) is 11.3 Å². The average Bonchev–Trinajstić information content (AvgIpc) is 3.31. The largest absolute Gasteiger partial charge is 0.493 e. The van der Waals surface area contributed by atoms with E-state index in [2.05, 4.69) is 15.0 Å². The van der Waals surface area contributed by atoms with E-state index in [4.69, 9.17) is 4.74 Å². The summed E-state index contributed by atoms with van der Waals surface area (Å²) in [5, 5.41) is 5.22. The molecule has 0 saturated carbocycles. The number of hydrogen-bond donors (Lipinski definition) is 1. The second-order valence-corrected chi connectivity index (χ2v) is 7.25. The fourth-order valence-corrected chi connectivity index (χ4v) is 3.85. The van der Waals surface area contributed by atoms with Gasteiger partial charge in [0.05, 0.1) is 19.2 Å². The first-order chi connectivity index (χ1) is 14.0. The van der Waals surface area contributed by atoms with E-state index in [9.17, 15) is 18.4 Å². The fraction of sp³-hybridized carbons (Fsp3) is 0.421. The molecule has 1 fully saturated rings. The van der Waals surface area contributed by atoms with E-state index in [-0.39, 0.29) is 29.7 Å². The van der Waals surface area contributed by atoms with Crippen molar-refractivity contribution in [2.45, 2.75) is 32.3 Å². The molecule has 1 aromatic carbocycles. The highest BCUT2D eigenvalue weighted by Crippen LogP contribution is 2.29. The highest BCUT2D eigenvalue weighted by Gasteiger charge is 2.24. The molecule has 2 amide bonds. The second kappa shape index (κ2) is 9.64. The molecule has 29 heavy (non-hydrogen) atoms. The number of methoxy groups -OCH3 is 1. The zero-order chi connectivity index (χ0) is 20.8. The molecule has 7 nitrogen and oxygen atoms in total. The van der Waals surface area contributed by atoms with Crippen molar-refractivity contribution in [1.29, 1.82) is 0 Å². The van der Waals surface area contributed by atoms with Gasteiger partial charge in [0.25, 0.3) is 0 Å². The van der Waals surface area contributed by atoms with Gasteiger partial charge in [-0.05, 0) is 30.5 Å². The van der Waals surface area contributed by atoms with Crippen molar-refractivity contribution in [3.63, 3.8) is 0 Å².